The molecule has 0 saturated carbocycles. The van der Waals surface area contributed by atoms with E-state index in [9.17, 15) is 9.59 Å². The van der Waals surface area contributed by atoms with Gasteiger partial charge in [-0.05, 0) is 49.8 Å². The van der Waals surface area contributed by atoms with Crippen LogP contribution >= 0.6 is 0 Å². The van der Waals surface area contributed by atoms with Crippen molar-refractivity contribution in [1.29, 1.82) is 0 Å². The molecule has 7 nitrogen and oxygen atoms in total. The smallest absolute Gasteiger partial charge is 0.272 e. The van der Waals surface area contributed by atoms with Crippen LogP contribution in [0.1, 0.15) is 46.5 Å². The molecule has 1 N–H and O–H groups in total. The summed E-state index contributed by atoms with van der Waals surface area (Å²) < 4.78 is 6.19. The van der Waals surface area contributed by atoms with Crippen LogP contribution in [0.4, 0.5) is 0 Å². The van der Waals surface area contributed by atoms with Crippen molar-refractivity contribution in [3.8, 4) is 0 Å². The number of amides is 2. The topological polar surface area (TPSA) is 84.4 Å². The molecule has 1 atom stereocenters. The first-order valence-corrected chi connectivity index (χ1v) is 10.2. The fourth-order valence-corrected chi connectivity index (χ4v) is 4.28. The van der Waals surface area contributed by atoms with Gasteiger partial charge in [-0.15, -0.1) is 0 Å². The number of carbonyl (C=O) groups excluding carboxylic acids is 2. The molecule has 2 aromatic rings. The Morgan fingerprint density at radius 1 is 1.17 bits per heavy atom. The number of aromatic nitrogens is 2. The van der Waals surface area contributed by atoms with Crippen LogP contribution in [0.3, 0.4) is 0 Å². The van der Waals surface area contributed by atoms with Crippen LogP contribution in [0.25, 0.3) is 0 Å². The van der Waals surface area contributed by atoms with Crippen LogP contribution in [0.2, 0.25) is 0 Å². The number of ether oxygens (including phenoxy) is 1. The van der Waals surface area contributed by atoms with Gasteiger partial charge in [0, 0.05) is 38.0 Å². The summed E-state index contributed by atoms with van der Waals surface area (Å²) in [5.74, 6) is 0.307. The summed E-state index contributed by atoms with van der Waals surface area (Å²) >= 11 is 0. The average Bonchev–Trinajstić information content (AvgIpc) is 2.79. The van der Waals surface area contributed by atoms with Crippen molar-refractivity contribution < 1.29 is 14.3 Å². The van der Waals surface area contributed by atoms with Crippen LogP contribution in [0.5, 0.6) is 0 Å². The molecule has 0 radical (unpaired) electrons. The van der Waals surface area contributed by atoms with Crippen molar-refractivity contribution in [1.82, 2.24) is 20.2 Å². The number of likely N-dealkylation sites (tertiary alicyclic amines) is 1. The van der Waals surface area contributed by atoms with E-state index in [2.05, 4.69) is 15.3 Å². The van der Waals surface area contributed by atoms with E-state index in [0.717, 1.165) is 25.7 Å². The van der Waals surface area contributed by atoms with Gasteiger partial charge < -0.3 is 15.0 Å². The highest BCUT2D eigenvalue weighted by Crippen LogP contribution is 2.37. The maximum atomic E-state index is 12.6. The third-order valence-electron chi connectivity index (χ3n) is 5.95. The van der Waals surface area contributed by atoms with Gasteiger partial charge in [-0.25, -0.2) is 9.97 Å². The van der Waals surface area contributed by atoms with E-state index < -0.39 is 0 Å². The Morgan fingerprint density at radius 2 is 1.97 bits per heavy atom. The summed E-state index contributed by atoms with van der Waals surface area (Å²) in [7, 11) is 0. The summed E-state index contributed by atoms with van der Waals surface area (Å²) in [6.45, 7) is 2.67. The lowest BCUT2D eigenvalue weighted by Crippen LogP contribution is -2.51. The van der Waals surface area contributed by atoms with Crippen molar-refractivity contribution in [2.75, 3.05) is 26.2 Å². The van der Waals surface area contributed by atoms with Gasteiger partial charge in [0.05, 0.1) is 5.60 Å². The maximum absolute atomic E-state index is 12.6. The molecule has 0 bridgehead atoms. The number of nitrogens with one attached hydrogen (secondary N) is 1. The van der Waals surface area contributed by atoms with Crippen LogP contribution in [0, 0.1) is 5.92 Å². The zero-order chi connectivity index (χ0) is 20.1. The first kappa shape index (κ1) is 19.5. The van der Waals surface area contributed by atoms with Gasteiger partial charge in [-0.3, -0.25) is 9.59 Å². The molecule has 2 saturated heterocycles. The van der Waals surface area contributed by atoms with E-state index in [0.29, 0.717) is 43.4 Å². The first-order valence-electron chi connectivity index (χ1n) is 10.2. The minimum absolute atomic E-state index is 0.0311. The molecular weight excluding hydrogens is 368 g/mol. The molecule has 7 heteroatoms. The fourth-order valence-electron chi connectivity index (χ4n) is 4.28. The number of rotatable bonds is 4. The lowest BCUT2D eigenvalue weighted by Gasteiger charge is -2.46. The predicted octanol–water partition coefficient (Wildman–Crippen LogP) is 2.31. The third kappa shape index (κ3) is 4.62. The van der Waals surface area contributed by atoms with E-state index in [-0.39, 0.29) is 17.4 Å². The second kappa shape index (κ2) is 8.69. The van der Waals surface area contributed by atoms with Crippen molar-refractivity contribution in [2.24, 2.45) is 5.92 Å². The Balaban J connectivity index is 1.29. The van der Waals surface area contributed by atoms with E-state index in [4.69, 9.17) is 4.74 Å². The highest BCUT2D eigenvalue weighted by atomic mass is 16.5. The summed E-state index contributed by atoms with van der Waals surface area (Å²) in [5.41, 5.74) is 0.927. The minimum Gasteiger partial charge on any atom is -0.375 e. The van der Waals surface area contributed by atoms with Crippen molar-refractivity contribution in [2.45, 2.75) is 31.3 Å². The van der Waals surface area contributed by atoms with Crippen molar-refractivity contribution >= 4 is 11.8 Å². The Labute approximate surface area is 170 Å². The number of piperidine rings is 1. The molecule has 1 aromatic heterocycles. The van der Waals surface area contributed by atoms with E-state index in [1.54, 1.807) is 12.3 Å². The van der Waals surface area contributed by atoms with Gasteiger partial charge in [-0.1, -0.05) is 18.2 Å². The molecule has 0 aliphatic carbocycles. The lowest BCUT2D eigenvalue weighted by molar-refractivity contribution is -0.122. The fraction of sp³-hybridized carbons (Fsp3) is 0.455. The standard InChI is InChI=1S/C22H26N4O3/c27-20(18-4-2-1-3-5-18)24-15-17-7-13-29-22(14-17)8-11-26(12-9-22)21(28)19-6-10-23-16-25-19/h1-6,10,16-17H,7-9,11-15H2,(H,24,27). The van der Waals surface area contributed by atoms with Gasteiger partial charge in [0.1, 0.15) is 12.0 Å². The van der Waals surface area contributed by atoms with Gasteiger partial charge in [0.25, 0.3) is 11.8 Å². The lowest BCUT2D eigenvalue weighted by atomic mass is 9.79. The summed E-state index contributed by atoms with van der Waals surface area (Å²) in [4.78, 5) is 34.7. The molecule has 4 rings (SSSR count). The number of carbonyl (C=O) groups is 2. The maximum Gasteiger partial charge on any atom is 0.272 e. The SMILES string of the molecule is O=C(NCC1CCOC2(CCN(C(=O)c3ccncn3)CC2)C1)c1ccccc1. The second-order valence-electron chi connectivity index (χ2n) is 7.85. The van der Waals surface area contributed by atoms with Crippen LogP contribution in [-0.2, 0) is 4.74 Å². The predicted molar refractivity (Wildman–Crippen MR) is 107 cm³/mol. The van der Waals surface area contributed by atoms with Gasteiger partial charge in [-0.2, -0.15) is 0 Å². The number of nitrogens with zero attached hydrogens (tertiary/aromatic N) is 3. The Morgan fingerprint density at radius 3 is 2.69 bits per heavy atom. The number of hydrogen-bond acceptors (Lipinski definition) is 5. The number of benzene rings is 1. The van der Waals surface area contributed by atoms with Crippen LogP contribution in [-0.4, -0.2) is 58.5 Å². The highest BCUT2D eigenvalue weighted by molar-refractivity contribution is 5.94. The summed E-state index contributed by atoms with van der Waals surface area (Å²) in [6, 6.07) is 10.9. The van der Waals surface area contributed by atoms with Crippen molar-refractivity contribution in [3.63, 3.8) is 0 Å². The Hall–Kier alpha value is -2.80. The quantitative estimate of drug-likeness (QED) is 0.860. The molecule has 1 unspecified atom stereocenters. The molecule has 152 valence electrons. The van der Waals surface area contributed by atoms with E-state index >= 15 is 0 Å². The molecule has 3 heterocycles. The minimum atomic E-state index is -0.192. The molecule has 1 aromatic carbocycles. The summed E-state index contributed by atoms with van der Waals surface area (Å²) in [6.07, 6.45) is 6.47. The Bertz CT molecular complexity index is 836. The molecule has 2 aliphatic heterocycles. The highest BCUT2D eigenvalue weighted by Gasteiger charge is 2.41. The van der Waals surface area contributed by atoms with Gasteiger partial charge >= 0.3 is 0 Å². The van der Waals surface area contributed by atoms with Gasteiger partial charge in [0.2, 0.25) is 0 Å². The second-order valence-corrected chi connectivity index (χ2v) is 7.85. The zero-order valence-corrected chi connectivity index (χ0v) is 16.4. The van der Waals surface area contributed by atoms with Crippen molar-refractivity contribution in [3.05, 3.63) is 60.2 Å². The molecular formula is C22H26N4O3. The number of hydrogen-bond donors (Lipinski definition) is 1. The molecule has 29 heavy (non-hydrogen) atoms. The molecule has 2 aliphatic rings. The van der Waals surface area contributed by atoms with Crippen LogP contribution < -0.4 is 5.32 Å². The van der Waals surface area contributed by atoms with E-state index in [1.165, 1.54) is 6.33 Å². The normalized spacial score (nSPS) is 21.0. The van der Waals surface area contributed by atoms with Gasteiger partial charge in [0.15, 0.2) is 0 Å². The largest absolute Gasteiger partial charge is 0.375 e. The molecule has 1 spiro atoms. The molecule has 2 amide bonds. The third-order valence-corrected chi connectivity index (χ3v) is 5.95. The Kier molecular flexibility index (Phi) is 5.85. The van der Waals surface area contributed by atoms with E-state index in [1.807, 2.05) is 35.2 Å². The summed E-state index contributed by atoms with van der Waals surface area (Å²) in [5, 5.41) is 3.07. The monoisotopic (exact) mass is 394 g/mol. The zero-order valence-electron chi connectivity index (χ0n) is 16.4. The molecule has 2 fully saturated rings. The first-order chi connectivity index (χ1) is 14.2. The van der Waals surface area contributed by atoms with Crippen LogP contribution in [0.15, 0.2) is 48.9 Å². The average molecular weight is 394 g/mol.